The monoisotopic (exact) mass is 622 g/mol. The molecule has 1 aliphatic heterocycles. The number of furan rings is 2. The van der Waals surface area contributed by atoms with Crippen molar-refractivity contribution in [3.8, 4) is 22.3 Å². The highest BCUT2D eigenvalue weighted by Gasteiger charge is 2.32. The van der Waals surface area contributed by atoms with E-state index in [-0.39, 0.29) is 6.17 Å². The minimum absolute atomic E-state index is 0.279. The van der Waals surface area contributed by atoms with Crippen LogP contribution in [0.5, 0.6) is 0 Å². The molecule has 0 saturated heterocycles. The summed E-state index contributed by atoms with van der Waals surface area (Å²) in [6.45, 7) is 2.02. The van der Waals surface area contributed by atoms with Crippen LogP contribution in [0.25, 0.3) is 71.5 Å². The van der Waals surface area contributed by atoms with E-state index in [9.17, 15) is 0 Å². The molecule has 0 radical (unpaired) electrons. The minimum atomic E-state index is -0.398. The molecule has 1 aliphatic carbocycles. The zero-order valence-electron chi connectivity index (χ0n) is 26.1. The van der Waals surface area contributed by atoms with Gasteiger partial charge in [-0.05, 0) is 63.7 Å². The van der Waals surface area contributed by atoms with E-state index in [4.69, 9.17) is 19.6 Å². The molecule has 0 spiro atoms. The van der Waals surface area contributed by atoms with Crippen molar-refractivity contribution in [1.29, 1.82) is 0 Å². The first-order chi connectivity index (χ1) is 23.7. The summed E-state index contributed by atoms with van der Waals surface area (Å²) in [5, 5.41) is 13.2. The first-order valence-electron chi connectivity index (χ1n) is 16.3. The Kier molecular flexibility index (Phi) is 5.74. The third kappa shape index (κ3) is 3.81. The maximum Gasteiger partial charge on any atom is 0.199 e. The molecule has 10 rings (SSSR count). The van der Waals surface area contributed by atoms with Crippen LogP contribution in [-0.4, -0.2) is 5.84 Å². The number of nitrogens with zero attached hydrogens (tertiary/aromatic N) is 1. The fourth-order valence-electron chi connectivity index (χ4n) is 7.87. The molecule has 6 aromatic carbocycles. The van der Waals surface area contributed by atoms with Crippen molar-refractivity contribution in [3.05, 3.63) is 144 Å². The van der Waals surface area contributed by atoms with Crippen LogP contribution in [0.2, 0.25) is 0 Å². The van der Waals surface area contributed by atoms with Crippen molar-refractivity contribution in [2.45, 2.75) is 19.3 Å². The first-order valence-corrected chi connectivity index (χ1v) is 16.3. The van der Waals surface area contributed by atoms with Crippen molar-refractivity contribution in [2.75, 3.05) is 5.73 Å². The maximum atomic E-state index is 6.59. The minimum Gasteiger partial charge on any atom is -0.456 e. The second-order valence-electron chi connectivity index (χ2n) is 12.5. The van der Waals surface area contributed by atoms with Crippen LogP contribution in [0.1, 0.15) is 35.9 Å². The van der Waals surface area contributed by atoms with Crippen molar-refractivity contribution < 1.29 is 8.83 Å². The quantitative estimate of drug-likeness (QED) is 0.182. The lowest BCUT2D eigenvalue weighted by Gasteiger charge is -2.33. The highest BCUT2D eigenvalue weighted by Crippen LogP contribution is 2.49. The van der Waals surface area contributed by atoms with Gasteiger partial charge in [-0.1, -0.05) is 109 Å². The van der Waals surface area contributed by atoms with Crippen molar-refractivity contribution in [3.63, 3.8) is 0 Å². The van der Waals surface area contributed by atoms with Crippen LogP contribution in [0.15, 0.2) is 141 Å². The highest BCUT2D eigenvalue weighted by molar-refractivity contribution is 6.27. The predicted molar refractivity (Wildman–Crippen MR) is 196 cm³/mol. The Morgan fingerprint density at radius 1 is 0.625 bits per heavy atom. The van der Waals surface area contributed by atoms with Gasteiger partial charge >= 0.3 is 0 Å². The molecule has 8 aromatic rings. The van der Waals surface area contributed by atoms with Gasteiger partial charge in [-0.2, -0.15) is 0 Å². The highest BCUT2D eigenvalue weighted by atomic mass is 16.3. The number of nitrogen functional groups attached to an aromatic ring is 1. The number of fused-ring (bicyclic) bond motifs is 7. The molecule has 3 heterocycles. The third-order valence-corrected chi connectivity index (χ3v) is 9.92. The second kappa shape index (κ2) is 10.2. The topological polar surface area (TPSA) is 88.7 Å². The SMILES string of the molecule is C/C=C(/C1=NC(c2cccc3oc4ccccc4c23)NC(c2ccc3c4c(cccc24)-c2ccccc2-3)N1)c1c(N)oc2ccccc12. The van der Waals surface area contributed by atoms with Crippen molar-refractivity contribution in [1.82, 2.24) is 10.6 Å². The molecule has 2 aromatic heterocycles. The van der Waals surface area contributed by atoms with E-state index >= 15 is 0 Å². The standard InChI is InChI=1S/C42H30N4O2/c1-2-23(38-31-14-6-8-19-34(31)48-39(38)43)40-44-41(29-22-21-28-25-12-4-3-11-24(25)26-15-9-16-27(29)36(26)28)46-42(45-40)32-17-10-20-35-37(32)30-13-5-7-18-33(30)47-35/h2-22,41-42,46H,43H2,1H3,(H,44,45)/b23-2+. The average Bonchev–Trinajstić information content (AvgIpc) is 3.79. The Balaban J connectivity index is 1.19. The Hall–Kier alpha value is -6.11. The number of para-hydroxylation sites is 2. The summed E-state index contributed by atoms with van der Waals surface area (Å²) in [4.78, 5) is 5.39. The normalized spacial score (nSPS) is 17.3. The van der Waals surface area contributed by atoms with Gasteiger partial charge in [0.05, 0.1) is 5.56 Å². The maximum absolute atomic E-state index is 6.59. The molecule has 0 amide bonds. The predicted octanol–water partition coefficient (Wildman–Crippen LogP) is 10.1. The molecular formula is C42H30N4O2. The number of rotatable bonds is 4. The molecule has 48 heavy (non-hydrogen) atoms. The number of benzene rings is 6. The van der Waals surface area contributed by atoms with Crippen LogP contribution < -0.4 is 16.4 Å². The van der Waals surface area contributed by atoms with Crippen molar-refractivity contribution in [2.24, 2.45) is 4.99 Å². The van der Waals surface area contributed by atoms with E-state index in [0.29, 0.717) is 5.88 Å². The molecule has 0 bridgehead atoms. The van der Waals surface area contributed by atoms with Gasteiger partial charge in [-0.15, -0.1) is 0 Å². The van der Waals surface area contributed by atoms with E-state index < -0.39 is 6.17 Å². The Labute approximate surface area is 276 Å². The molecule has 2 aliphatic rings. The van der Waals surface area contributed by atoms with E-state index in [1.807, 2.05) is 55.5 Å². The number of hydrogen-bond donors (Lipinski definition) is 3. The number of allylic oxidation sites excluding steroid dienone is 1. The summed E-state index contributed by atoms with van der Waals surface area (Å²) < 4.78 is 12.3. The van der Waals surface area contributed by atoms with Gasteiger partial charge in [-0.3, -0.25) is 5.32 Å². The molecule has 6 nitrogen and oxygen atoms in total. The number of nitrogens with one attached hydrogen (secondary N) is 2. The van der Waals surface area contributed by atoms with Crippen LogP contribution in [0.4, 0.5) is 5.88 Å². The van der Waals surface area contributed by atoms with Gasteiger partial charge in [0, 0.05) is 27.3 Å². The first kappa shape index (κ1) is 27.0. The zero-order chi connectivity index (χ0) is 31.9. The summed E-state index contributed by atoms with van der Waals surface area (Å²) in [6, 6.07) is 42.2. The lowest BCUT2D eigenvalue weighted by Crippen LogP contribution is -2.45. The molecule has 0 fully saturated rings. The fourth-order valence-corrected chi connectivity index (χ4v) is 7.87. The zero-order valence-corrected chi connectivity index (χ0v) is 26.1. The average molecular weight is 623 g/mol. The van der Waals surface area contributed by atoms with E-state index in [1.54, 1.807) is 0 Å². The summed E-state index contributed by atoms with van der Waals surface area (Å²) in [6.07, 6.45) is 1.39. The molecule has 4 N–H and O–H groups in total. The summed E-state index contributed by atoms with van der Waals surface area (Å²) >= 11 is 0. The van der Waals surface area contributed by atoms with E-state index in [0.717, 1.165) is 61.0 Å². The smallest absolute Gasteiger partial charge is 0.199 e. The van der Waals surface area contributed by atoms with Crippen molar-refractivity contribution >= 4 is 61.0 Å². The summed E-state index contributed by atoms with van der Waals surface area (Å²) in [5.41, 5.74) is 18.0. The lowest BCUT2D eigenvalue weighted by atomic mass is 9.95. The Morgan fingerprint density at radius 2 is 1.27 bits per heavy atom. The summed E-state index contributed by atoms with van der Waals surface area (Å²) in [5.74, 6) is 1.10. The Morgan fingerprint density at radius 3 is 2.08 bits per heavy atom. The second-order valence-corrected chi connectivity index (χ2v) is 12.5. The van der Waals surface area contributed by atoms with Gasteiger partial charge in [-0.25, -0.2) is 4.99 Å². The van der Waals surface area contributed by atoms with Gasteiger partial charge in [0.15, 0.2) is 5.88 Å². The molecular weight excluding hydrogens is 592 g/mol. The van der Waals surface area contributed by atoms with Gasteiger partial charge in [0.2, 0.25) is 0 Å². The number of aliphatic imine (C=N–C) groups is 1. The van der Waals surface area contributed by atoms with E-state index in [2.05, 4.69) is 89.5 Å². The molecule has 230 valence electrons. The number of hydrogen-bond acceptors (Lipinski definition) is 6. The molecule has 2 unspecified atom stereocenters. The molecule has 6 heteroatoms. The van der Waals surface area contributed by atoms with Gasteiger partial charge in [0.25, 0.3) is 0 Å². The van der Waals surface area contributed by atoms with Crippen LogP contribution in [-0.2, 0) is 0 Å². The third-order valence-electron chi connectivity index (χ3n) is 9.92. The fraction of sp³-hybridized carbons (Fsp3) is 0.0714. The van der Waals surface area contributed by atoms with Crippen LogP contribution in [0, 0.1) is 0 Å². The summed E-state index contributed by atoms with van der Waals surface area (Å²) in [7, 11) is 0. The van der Waals surface area contributed by atoms with Crippen LogP contribution >= 0.6 is 0 Å². The number of anilines is 1. The number of amidine groups is 1. The van der Waals surface area contributed by atoms with E-state index in [1.165, 1.54) is 33.0 Å². The van der Waals surface area contributed by atoms with Gasteiger partial charge in [0.1, 0.15) is 34.9 Å². The largest absolute Gasteiger partial charge is 0.456 e. The Bertz CT molecular complexity index is 2650. The molecule has 0 saturated carbocycles. The van der Waals surface area contributed by atoms with Crippen LogP contribution in [0.3, 0.4) is 0 Å². The lowest BCUT2D eigenvalue weighted by molar-refractivity contribution is 0.414. The number of nitrogens with two attached hydrogens (primary N) is 1. The van der Waals surface area contributed by atoms with Gasteiger partial charge < -0.3 is 19.9 Å². The molecule has 2 atom stereocenters.